The predicted octanol–water partition coefficient (Wildman–Crippen LogP) is 2.53. The topological polar surface area (TPSA) is 108 Å². The number of primary sulfonamides is 1. The first-order valence-corrected chi connectivity index (χ1v) is 10.2. The summed E-state index contributed by atoms with van der Waals surface area (Å²) in [5.74, 6) is 0.206. The van der Waals surface area contributed by atoms with E-state index in [1.165, 1.54) is 31.4 Å². The lowest BCUT2D eigenvalue weighted by Gasteiger charge is -2.12. The van der Waals surface area contributed by atoms with Crippen LogP contribution in [0.4, 0.5) is 0 Å². The zero-order valence-electron chi connectivity index (χ0n) is 15.3. The Morgan fingerprint density at radius 1 is 1.25 bits per heavy atom. The van der Waals surface area contributed by atoms with Crippen LogP contribution in [0.3, 0.4) is 0 Å². The highest BCUT2D eigenvalue weighted by Gasteiger charge is 2.17. The number of carbonyl (C=O) groups excluding carboxylic acids is 1. The van der Waals surface area contributed by atoms with Crippen molar-refractivity contribution in [1.82, 2.24) is 5.32 Å². The van der Waals surface area contributed by atoms with Crippen molar-refractivity contribution in [2.75, 3.05) is 20.3 Å². The van der Waals surface area contributed by atoms with E-state index in [0.717, 1.165) is 0 Å². The number of amides is 1. The van der Waals surface area contributed by atoms with Crippen molar-refractivity contribution in [1.29, 1.82) is 0 Å². The van der Waals surface area contributed by atoms with Crippen LogP contribution in [0.2, 0.25) is 5.02 Å². The van der Waals surface area contributed by atoms with Gasteiger partial charge in [0.15, 0.2) is 0 Å². The standard InChI is InChI=1S/C19H21ClN2O5S/c1-3-10-27-17-6-4-13(11-18(17)28(21,24)25)8-9-22-19(23)15-12-14(20)5-7-16(15)26-2/h3-7,11-12H,1,8-10H2,2H3,(H,22,23)(H2,21,24,25). The summed E-state index contributed by atoms with van der Waals surface area (Å²) >= 11 is 5.94. The fourth-order valence-electron chi connectivity index (χ4n) is 2.47. The Kier molecular flexibility index (Phi) is 7.45. The van der Waals surface area contributed by atoms with Gasteiger partial charge in [-0.25, -0.2) is 13.6 Å². The zero-order chi connectivity index (χ0) is 20.7. The molecule has 0 bridgehead atoms. The van der Waals surface area contributed by atoms with E-state index < -0.39 is 10.0 Å². The highest BCUT2D eigenvalue weighted by atomic mass is 35.5. The van der Waals surface area contributed by atoms with E-state index in [0.29, 0.717) is 28.3 Å². The van der Waals surface area contributed by atoms with Gasteiger partial charge in [0.2, 0.25) is 10.0 Å². The fourth-order valence-corrected chi connectivity index (χ4v) is 3.37. The molecule has 0 aromatic heterocycles. The number of sulfonamides is 1. The summed E-state index contributed by atoms with van der Waals surface area (Å²) in [6.45, 7) is 3.94. The second-order valence-corrected chi connectivity index (χ2v) is 7.74. The largest absolute Gasteiger partial charge is 0.496 e. The molecule has 0 aliphatic rings. The lowest BCUT2D eigenvalue weighted by atomic mass is 10.1. The van der Waals surface area contributed by atoms with Crippen molar-refractivity contribution in [2.24, 2.45) is 5.14 Å². The molecule has 150 valence electrons. The first kappa shape index (κ1) is 21.7. The summed E-state index contributed by atoms with van der Waals surface area (Å²) in [7, 11) is -2.50. The highest BCUT2D eigenvalue weighted by Crippen LogP contribution is 2.25. The van der Waals surface area contributed by atoms with Gasteiger partial charge in [-0.1, -0.05) is 30.3 Å². The highest BCUT2D eigenvalue weighted by molar-refractivity contribution is 7.89. The molecule has 0 aliphatic carbocycles. The molecular weight excluding hydrogens is 404 g/mol. The lowest BCUT2D eigenvalue weighted by molar-refractivity contribution is 0.0951. The maximum Gasteiger partial charge on any atom is 0.255 e. The van der Waals surface area contributed by atoms with Crippen molar-refractivity contribution in [2.45, 2.75) is 11.3 Å². The number of halogens is 1. The third kappa shape index (κ3) is 5.72. The number of benzene rings is 2. The van der Waals surface area contributed by atoms with Gasteiger partial charge in [0.25, 0.3) is 5.91 Å². The van der Waals surface area contributed by atoms with E-state index in [1.807, 2.05) is 0 Å². The number of carbonyl (C=O) groups is 1. The van der Waals surface area contributed by atoms with Gasteiger partial charge in [-0.2, -0.15) is 0 Å². The number of nitrogens with one attached hydrogen (secondary N) is 1. The minimum Gasteiger partial charge on any atom is -0.496 e. The summed E-state index contributed by atoms with van der Waals surface area (Å²) in [5.41, 5.74) is 0.988. The molecule has 0 saturated carbocycles. The average Bonchev–Trinajstić information content (AvgIpc) is 2.66. The molecule has 0 spiro atoms. The quantitative estimate of drug-likeness (QED) is 0.601. The van der Waals surface area contributed by atoms with E-state index in [9.17, 15) is 13.2 Å². The monoisotopic (exact) mass is 424 g/mol. The van der Waals surface area contributed by atoms with Gasteiger partial charge in [0, 0.05) is 11.6 Å². The first-order chi connectivity index (χ1) is 13.3. The van der Waals surface area contributed by atoms with E-state index >= 15 is 0 Å². The fraction of sp³-hybridized carbons (Fsp3) is 0.211. The Morgan fingerprint density at radius 2 is 1.96 bits per heavy atom. The average molecular weight is 425 g/mol. The SMILES string of the molecule is C=CCOc1ccc(CCNC(=O)c2cc(Cl)ccc2OC)cc1S(N)(=O)=O. The Balaban J connectivity index is 2.09. The molecule has 2 aromatic carbocycles. The smallest absolute Gasteiger partial charge is 0.255 e. The molecule has 1 amide bonds. The van der Waals surface area contributed by atoms with Gasteiger partial charge in [-0.3, -0.25) is 4.79 Å². The molecule has 0 radical (unpaired) electrons. The van der Waals surface area contributed by atoms with Crippen molar-refractivity contribution in [3.05, 3.63) is 65.2 Å². The Bertz CT molecular complexity index is 976. The molecule has 2 aromatic rings. The molecule has 28 heavy (non-hydrogen) atoms. The minimum absolute atomic E-state index is 0.116. The van der Waals surface area contributed by atoms with Crippen LogP contribution in [0.5, 0.6) is 11.5 Å². The second kappa shape index (κ2) is 9.59. The van der Waals surface area contributed by atoms with E-state index in [1.54, 1.807) is 18.2 Å². The minimum atomic E-state index is -3.96. The number of rotatable bonds is 9. The summed E-state index contributed by atoms with van der Waals surface area (Å²) in [6.07, 6.45) is 1.89. The molecule has 0 atom stereocenters. The van der Waals surface area contributed by atoms with Crippen LogP contribution in [-0.4, -0.2) is 34.6 Å². The lowest BCUT2D eigenvalue weighted by Crippen LogP contribution is -2.26. The van der Waals surface area contributed by atoms with Gasteiger partial charge in [-0.05, 0) is 42.3 Å². The van der Waals surface area contributed by atoms with Crippen LogP contribution in [-0.2, 0) is 16.4 Å². The third-order valence-electron chi connectivity index (χ3n) is 3.78. The molecule has 0 unspecified atom stereocenters. The molecule has 3 N–H and O–H groups in total. The predicted molar refractivity (Wildman–Crippen MR) is 108 cm³/mol. The summed E-state index contributed by atoms with van der Waals surface area (Å²) in [6, 6.07) is 9.42. The normalized spacial score (nSPS) is 11.0. The van der Waals surface area contributed by atoms with Crippen LogP contribution in [0, 0.1) is 0 Å². The third-order valence-corrected chi connectivity index (χ3v) is 4.94. The second-order valence-electron chi connectivity index (χ2n) is 5.78. The Hall–Kier alpha value is -2.55. The van der Waals surface area contributed by atoms with Gasteiger partial charge in [0.1, 0.15) is 23.0 Å². The summed E-state index contributed by atoms with van der Waals surface area (Å²) < 4.78 is 34.1. The van der Waals surface area contributed by atoms with Crippen molar-refractivity contribution in [3.63, 3.8) is 0 Å². The van der Waals surface area contributed by atoms with Gasteiger partial charge in [0.05, 0.1) is 12.7 Å². The Morgan fingerprint density at radius 3 is 2.61 bits per heavy atom. The molecule has 0 saturated heterocycles. The summed E-state index contributed by atoms with van der Waals surface area (Å²) in [5, 5.41) is 8.44. The van der Waals surface area contributed by atoms with Crippen molar-refractivity contribution < 1.29 is 22.7 Å². The molecule has 7 nitrogen and oxygen atoms in total. The van der Waals surface area contributed by atoms with Gasteiger partial charge < -0.3 is 14.8 Å². The molecule has 0 aliphatic heterocycles. The van der Waals surface area contributed by atoms with Crippen LogP contribution in [0.25, 0.3) is 0 Å². The van der Waals surface area contributed by atoms with Crippen LogP contribution in [0.1, 0.15) is 15.9 Å². The summed E-state index contributed by atoms with van der Waals surface area (Å²) in [4.78, 5) is 12.3. The first-order valence-electron chi connectivity index (χ1n) is 8.27. The van der Waals surface area contributed by atoms with Crippen LogP contribution >= 0.6 is 11.6 Å². The van der Waals surface area contributed by atoms with E-state index in [2.05, 4.69) is 11.9 Å². The van der Waals surface area contributed by atoms with Gasteiger partial charge in [-0.15, -0.1) is 0 Å². The van der Waals surface area contributed by atoms with E-state index in [-0.39, 0.29) is 29.7 Å². The van der Waals surface area contributed by atoms with Crippen LogP contribution in [0.15, 0.2) is 53.9 Å². The van der Waals surface area contributed by atoms with Crippen LogP contribution < -0.4 is 19.9 Å². The molecule has 2 rings (SSSR count). The Labute approximate surface area is 169 Å². The number of hydrogen-bond acceptors (Lipinski definition) is 5. The molecule has 0 heterocycles. The number of ether oxygens (including phenoxy) is 2. The zero-order valence-corrected chi connectivity index (χ0v) is 16.8. The number of nitrogens with two attached hydrogens (primary N) is 1. The number of methoxy groups -OCH3 is 1. The van der Waals surface area contributed by atoms with E-state index in [4.69, 9.17) is 26.2 Å². The number of hydrogen-bond donors (Lipinski definition) is 2. The maximum absolute atomic E-state index is 12.4. The van der Waals surface area contributed by atoms with Gasteiger partial charge >= 0.3 is 0 Å². The molecule has 9 heteroatoms. The maximum atomic E-state index is 12.4. The molecule has 0 fully saturated rings. The van der Waals surface area contributed by atoms with Crippen molar-refractivity contribution >= 4 is 27.5 Å². The molecular formula is C19H21ClN2O5S. The van der Waals surface area contributed by atoms with Crippen molar-refractivity contribution in [3.8, 4) is 11.5 Å².